The van der Waals surface area contributed by atoms with Crippen molar-refractivity contribution in [3.05, 3.63) is 35.9 Å². The second kappa shape index (κ2) is 6.23. The number of rotatable bonds is 4. The van der Waals surface area contributed by atoms with Crippen LogP contribution in [0.2, 0.25) is 0 Å². The summed E-state index contributed by atoms with van der Waals surface area (Å²) < 4.78 is 0. The van der Waals surface area contributed by atoms with Gasteiger partial charge in [0, 0.05) is 18.4 Å². The van der Waals surface area contributed by atoms with Crippen LogP contribution < -0.4 is 5.32 Å². The molecule has 1 saturated heterocycles. The third-order valence-corrected chi connectivity index (χ3v) is 5.29. The van der Waals surface area contributed by atoms with Crippen LogP contribution in [0, 0.1) is 10.8 Å². The highest BCUT2D eigenvalue weighted by molar-refractivity contribution is 5.86. The van der Waals surface area contributed by atoms with Gasteiger partial charge < -0.3 is 10.2 Å². The Balaban J connectivity index is 1.62. The molecule has 3 rings (SSSR count). The van der Waals surface area contributed by atoms with Crippen LogP contribution in [0.15, 0.2) is 30.3 Å². The molecule has 2 amide bonds. The number of benzene rings is 1. The maximum absolute atomic E-state index is 12.6. The first kappa shape index (κ1) is 17.0. The summed E-state index contributed by atoms with van der Waals surface area (Å²) in [6, 6.07) is 10.5. The van der Waals surface area contributed by atoms with E-state index >= 15 is 0 Å². The Bertz CT molecular complexity index is 614. The van der Waals surface area contributed by atoms with Gasteiger partial charge in [0.25, 0.3) is 0 Å². The zero-order valence-electron chi connectivity index (χ0n) is 15.0. The highest BCUT2D eigenvalue weighted by Crippen LogP contribution is 2.60. The standard InChI is InChI=1S/C20H28N2O2/c1-19(2,3)12-16(23)21-13-17(24)22-14-20(10-7-11-20)18(22)15-8-5-4-6-9-15/h4-6,8-9,18H,7,10-14H2,1-3H3,(H,21,23). The molecule has 1 aliphatic carbocycles. The van der Waals surface area contributed by atoms with Crippen molar-refractivity contribution in [2.24, 2.45) is 10.8 Å². The van der Waals surface area contributed by atoms with E-state index < -0.39 is 0 Å². The van der Waals surface area contributed by atoms with Gasteiger partial charge in [0.15, 0.2) is 0 Å². The van der Waals surface area contributed by atoms with E-state index in [4.69, 9.17) is 0 Å². The van der Waals surface area contributed by atoms with Gasteiger partial charge in [0.1, 0.15) is 0 Å². The number of hydrogen-bond acceptors (Lipinski definition) is 2. The Morgan fingerprint density at radius 3 is 2.42 bits per heavy atom. The minimum absolute atomic E-state index is 0.0311. The average Bonchev–Trinajstić information content (AvgIpc) is 2.42. The zero-order chi connectivity index (χ0) is 17.4. The predicted octanol–water partition coefficient (Wildman–Crippen LogP) is 3.29. The van der Waals surface area contributed by atoms with E-state index in [1.54, 1.807) is 0 Å². The van der Waals surface area contributed by atoms with Gasteiger partial charge in [-0.05, 0) is 23.8 Å². The monoisotopic (exact) mass is 328 g/mol. The second-order valence-electron chi connectivity index (χ2n) is 8.56. The molecule has 2 aliphatic rings. The van der Waals surface area contributed by atoms with Crippen molar-refractivity contribution in [2.75, 3.05) is 13.1 Å². The smallest absolute Gasteiger partial charge is 0.242 e. The van der Waals surface area contributed by atoms with Crippen LogP contribution in [0.5, 0.6) is 0 Å². The molecule has 1 aromatic carbocycles. The van der Waals surface area contributed by atoms with Gasteiger partial charge in [-0.25, -0.2) is 0 Å². The maximum atomic E-state index is 12.6. The van der Waals surface area contributed by atoms with E-state index in [-0.39, 0.29) is 35.2 Å². The van der Waals surface area contributed by atoms with Gasteiger partial charge in [0.05, 0.1) is 12.6 Å². The highest BCUT2D eigenvalue weighted by atomic mass is 16.2. The summed E-state index contributed by atoms with van der Waals surface area (Å²) in [5.41, 5.74) is 1.44. The van der Waals surface area contributed by atoms with Gasteiger partial charge in [-0.15, -0.1) is 0 Å². The van der Waals surface area contributed by atoms with E-state index in [1.165, 1.54) is 24.8 Å². The first-order chi connectivity index (χ1) is 11.3. The molecule has 1 N–H and O–H groups in total. The average molecular weight is 328 g/mol. The highest BCUT2D eigenvalue weighted by Gasteiger charge is 2.57. The van der Waals surface area contributed by atoms with Gasteiger partial charge in [0.2, 0.25) is 11.8 Å². The summed E-state index contributed by atoms with van der Waals surface area (Å²) in [6.45, 7) is 7.01. The lowest BCUT2D eigenvalue weighted by atomic mass is 9.56. The number of nitrogens with one attached hydrogen (secondary N) is 1. The largest absolute Gasteiger partial charge is 0.347 e. The van der Waals surface area contributed by atoms with E-state index in [1.807, 2.05) is 43.9 Å². The first-order valence-corrected chi connectivity index (χ1v) is 8.92. The molecule has 24 heavy (non-hydrogen) atoms. The molecule has 1 aliphatic heterocycles. The minimum Gasteiger partial charge on any atom is -0.347 e. The normalized spacial score (nSPS) is 21.8. The Labute approximate surface area is 144 Å². The van der Waals surface area contributed by atoms with E-state index in [9.17, 15) is 9.59 Å². The quantitative estimate of drug-likeness (QED) is 0.922. The van der Waals surface area contributed by atoms with Gasteiger partial charge in [-0.1, -0.05) is 57.5 Å². The summed E-state index contributed by atoms with van der Waals surface area (Å²) in [6.07, 6.45) is 4.10. The fourth-order valence-corrected chi connectivity index (χ4v) is 4.02. The van der Waals surface area contributed by atoms with E-state index in [0.29, 0.717) is 6.42 Å². The van der Waals surface area contributed by atoms with Crippen LogP contribution in [0.25, 0.3) is 0 Å². The number of nitrogens with zero attached hydrogens (tertiary/aromatic N) is 1. The molecule has 0 bridgehead atoms. The van der Waals surface area contributed by atoms with Crippen LogP contribution in [-0.4, -0.2) is 29.8 Å². The third kappa shape index (κ3) is 3.33. The Morgan fingerprint density at radius 2 is 1.88 bits per heavy atom. The Morgan fingerprint density at radius 1 is 1.21 bits per heavy atom. The van der Waals surface area contributed by atoms with Crippen LogP contribution in [-0.2, 0) is 9.59 Å². The summed E-state index contributed by atoms with van der Waals surface area (Å²) in [7, 11) is 0. The lowest BCUT2D eigenvalue weighted by molar-refractivity contribution is -0.168. The van der Waals surface area contributed by atoms with Crippen molar-refractivity contribution >= 4 is 11.8 Å². The number of amides is 2. The number of hydrogen-bond donors (Lipinski definition) is 1. The van der Waals surface area contributed by atoms with Crippen molar-refractivity contribution in [3.8, 4) is 0 Å². The van der Waals surface area contributed by atoms with Crippen molar-refractivity contribution in [2.45, 2.75) is 52.5 Å². The Kier molecular flexibility index (Phi) is 4.41. The fourth-order valence-electron chi connectivity index (χ4n) is 4.02. The van der Waals surface area contributed by atoms with Crippen LogP contribution >= 0.6 is 0 Å². The molecule has 1 saturated carbocycles. The van der Waals surface area contributed by atoms with Crippen molar-refractivity contribution in [3.63, 3.8) is 0 Å². The molecule has 130 valence electrons. The molecule has 1 heterocycles. The van der Waals surface area contributed by atoms with Crippen molar-refractivity contribution in [1.29, 1.82) is 0 Å². The third-order valence-electron chi connectivity index (χ3n) is 5.29. The van der Waals surface area contributed by atoms with Crippen LogP contribution in [0.4, 0.5) is 0 Å². The second-order valence-corrected chi connectivity index (χ2v) is 8.56. The topological polar surface area (TPSA) is 49.4 Å². The molecule has 4 nitrogen and oxygen atoms in total. The first-order valence-electron chi connectivity index (χ1n) is 8.92. The molecule has 0 radical (unpaired) electrons. The molecule has 1 aromatic rings. The zero-order valence-corrected chi connectivity index (χ0v) is 15.0. The summed E-state index contributed by atoms with van der Waals surface area (Å²) in [4.78, 5) is 26.5. The fraction of sp³-hybridized carbons (Fsp3) is 0.600. The number of carbonyl (C=O) groups is 2. The van der Waals surface area contributed by atoms with Gasteiger partial charge in [-0.3, -0.25) is 9.59 Å². The van der Waals surface area contributed by atoms with E-state index in [2.05, 4.69) is 17.4 Å². The number of likely N-dealkylation sites (tertiary alicyclic amines) is 1. The molecule has 1 atom stereocenters. The lowest BCUT2D eigenvalue weighted by Gasteiger charge is -2.62. The van der Waals surface area contributed by atoms with Gasteiger partial charge >= 0.3 is 0 Å². The SMILES string of the molecule is CC(C)(C)CC(=O)NCC(=O)N1CC2(CCC2)C1c1ccccc1. The maximum Gasteiger partial charge on any atom is 0.242 e. The Hall–Kier alpha value is -1.84. The van der Waals surface area contributed by atoms with Crippen LogP contribution in [0.3, 0.4) is 0 Å². The summed E-state index contributed by atoms with van der Waals surface area (Å²) in [5, 5.41) is 2.79. The van der Waals surface area contributed by atoms with Crippen molar-refractivity contribution < 1.29 is 9.59 Å². The molecule has 0 aromatic heterocycles. The number of carbonyl (C=O) groups excluding carboxylic acids is 2. The lowest BCUT2D eigenvalue weighted by Crippen LogP contribution is -2.64. The van der Waals surface area contributed by atoms with Crippen molar-refractivity contribution in [1.82, 2.24) is 10.2 Å². The minimum atomic E-state index is -0.0630. The van der Waals surface area contributed by atoms with Gasteiger partial charge in [-0.2, -0.15) is 0 Å². The molecule has 1 spiro atoms. The van der Waals surface area contributed by atoms with E-state index in [0.717, 1.165) is 6.54 Å². The summed E-state index contributed by atoms with van der Waals surface area (Å²) in [5.74, 6) is -0.0189. The van der Waals surface area contributed by atoms with Crippen LogP contribution in [0.1, 0.15) is 58.1 Å². The molecule has 4 heteroatoms. The molecule has 2 fully saturated rings. The molecular formula is C20H28N2O2. The molecular weight excluding hydrogens is 300 g/mol. The predicted molar refractivity (Wildman–Crippen MR) is 94.3 cm³/mol. The molecule has 1 unspecified atom stereocenters. The summed E-state index contributed by atoms with van der Waals surface area (Å²) >= 11 is 0.